The van der Waals surface area contributed by atoms with Crippen molar-refractivity contribution in [2.24, 2.45) is 0 Å². The smallest absolute Gasteiger partial charge is 0.340 e. The predicted octanol–water partition coefficient (Wildman–Crippen LogP) is 4.02. The van der Waals surface area contributed by atoms with E-state index in [1.54, 1.807) is 14.0 Å². The maximum atomic E-state index is 12.4. The van der Waals surface area contributed by atoms with E-state index in [0.717, 1.165) is 22.2 Å². The van der Waals surface area contributed by atoms with Gasteiger partial charge in [-0.15, -0.1) is 0 Å². The Balaban J connectivity index is 2.30. The van der Waals surface area contributed by atoms with Crippen molar-refractivity contribution in [1.82, 2.24) is 4.98 Å². The van der Waals surface area contributed by atoms with Gasteiger partial charge in [-0.25, -0.2) is 4.79 Å². The summed E-state index contributed by atoms with van der Waals surface area (Å²) in [4.78, 5) is 15.7. The van der Waals surface area contributed by atoms with Gasteiger partial charge in [0.15, 0.2) is 0 Å². The van der Waals surface area contributed by atoms with Crippen LogP contribution in [0.25, 0.3) is 22.2 Å². The zero-order chi connectivity index (χ0) is 15.5. The normalized spacial score (nSPS) is 10.6. The highest BCUT2D eigenvalue weighted by Gasteiger charge is 2.22. The van der Waals surface area contributed by atoms with Gasteiger partial charge in [-0.05, 0) is 18.6 Å². The zero-order valence-corrected chi connectivity index (χ0v) is 12.6. The molecule has 4 heteroatoms. The van der Waals surface area contributed by atoms with Gasteiger partial charge in [0.2, 0.25) is 0 Å². The standard InChI is InChI=1S/C18H17NO3/c1-3-22-18(20)15-13-10-7-11-14(21-2)17(13)19-16(15)12-8-5-4-6-9-12/h4-11,19H,3H2,1-2H3. The molecule has 4 nitrogen and oxygen atoms in total. The number of esters is 1. The van der Waals surface area contributed by atoms with Crippen LogP contribution in [0.15, 0.2) is 48.5 Å². The maximum Gasteiger partial charge on any atom is 0.340 e. The molecule has 2 aromatic carbocycles. The highest BCUT2D eigenvalue weighted by Crippen LogP contribution is 2.35. The van der Waals surface area contributed by atoms with Gasteiger partial charge in [0.1, 0.15) is 5.75 Å². The third-order valence-electron chi connectivity index (χ3n) is 3.56. The number of H-pyrrole nitrogens is 1. The number of nitrogens with one attached hydrogen (secondary N) is 1. The Morgan fingerprint density at radius 1 is 1.09 bits per heavy atom. The number of aromatic amines is 1. The summed E-state index contributed by atoms with van der Waals surface area (Å²) >= 11 is 0. The number of fused-ring (bicyclic) bond motifs is 1. The summed E-state index contributed by atoms with van der Waals surface area (Å²) in [6.45, 7) is 2.14. The van der Waals surface area contributed by atoms with Crippen LogP contribution in [0.3, 0.4) is 0 Å². The summed E-state index contributed by atoms with van der Waals surface area (Å²) in [5, 5.41) is 0.802. The monoisotopic (exact) mass is 295 g/mol. The molecule has 112 valence electrons. The molecule has 1 N–H and O–H groups in total. The summed E-state index contributed by atoms with van der Waals surface area (Å²) in [5.74, 6) is 0.367. The molecule has 1 aromatic heterocycles. The molecule has 3 aromatic rings. The summed E-state index contributed by atoms with van der Waals surface area (Å²) in [6, 6.07) is 15.4. The molecule has 0 radical (unpaired) electrons. The molecule has 0 bridgehead atoms. The van der Waals surface area contributed by atoms with Gasteiger partial charge in [0.05, 0.1) is 30.5 Å². The van der Waals surface area contributed by atoms with E-state index in [-0.39, 0.29) is 5.97 Å². The van der Waals surface area contributed by atoms with Gasteiger partial charge >= 0.3 is 5.97 Å². The Bertz CT molecular complexity index is 806. The molecule has 0 aliphatic carbocycles. The Labute approximate surface area is 128 Å². The van der Waals surface area contributed by atoms with Crippen LogP contribution in [-0.4, -0.2) is 24.7 Å². The number of para-hydroxylation sites is 1. The molecule has 1 heterocycles. The number of hydrogen-bond acceptors (Lipinski definition) is 3. The summed E-state index contributed by atoms with van der Waals surface area (Å²) in [5.41, 5.74) is 3.02. The average molecular weight is 295 g/mol. The molecule has 3 rings (SSSR count). The van der Waals surface area contributed by atoms with Crippen LogP contribution in [0.4, 0.5) is 0 Å². The van der Waals surface area contributed by atoms with Crippen molar-refractivity contribution >= 4 is 16.9 Å². The van der Waals surface area contributed by atoms with Gasteiger partial charge < -0.3 is 14.5 Å². The lowest BCUT2D eigenvalue weighted by Gasteiger charge is -2.04. The largest absolute Gasteiger partial charge is 0.495 e. The molecule has 0 fully saturated rings. The molecular formula is C18H17NO3. The fraction of sp³-hybridized carbons (Fsp3) is 0.167. The molecular weight excluding hydrogens is 278 g/mol. The van der Waals surface area contributed by atoms with Crippen molar-refractivity contribution in [3.63, 3.8) is 0 Å². The van der Waals surface area contributed by atoms with E-state index in [1.807, 2.05) is 48.5 Å². The molecule has 0 saturated heterocycles. The third kappa shape index (κ3) is 2.33. The van der Waals surface area contributed by atoms with Crippen LogP contribution in [0.5, 0.6) is 5.75 Å². The lowest BCUT2D eigenvalue weighted by atomic mass is 10.1. The first-order chi connectivity index (χ1) is 10.8. The number of ether oxygens (including phenoxy) is 2. The first-order valence-electron chi connectivity index (χ1n) is 7.17. The van der Waals surface area contributed by atoms with Gasteiger partial charge in [-0.2, -0.15) is 0 Å². The Kier molecular flexibility index (Phi) is 3.83. The summed E-state index contributed by atoms with van der Waals surface area (Å²) < 4.78 is 10.6. The van der Waals surface area contributed by atoms with E-state index < -0.39 is 0 Å². The van der Waals surface area contributed by atoms with Gasteiger partial charge in [-0.1, -0.05) is 42.5 Å². The van der Waals surface area contributed by atoms with Gasteiger partial charge in [-0.3, -0.25) is 0 Å². The highest BCUT2D eigenvalue weighted by molar-refractivity contribution is 6.11. The zero-order valence-electron chi connectivity index (χ0n) is 12.6. The molecule has 22 heavy (non-hydrogen) atoms. The van der Waals surface area contributed by atoms with E-state index in [0.29, 0.717) is 17.9 Å². The van der Waals surface area contributed by atoms with E-state index in [2.05, 4.69) is 4.98 Å². The number of methoxy groups -OCH3 is 1. The molecule has 0 aliphatic rings. The lowest BCUT2D eigenvalue weighted by Crippen LogP contribution is -2.05. The maximum absolute atomic E-state index is 12.4. The highest BCUT2D eigenvalue weighted by atomic mass is 16.5. The minimum atomic E-state index is -0.333. The van der Waals surface area contributed by atoms with Crippen LogP contribution in [0.2, 0.25) is 0 Å². The average Bonchev–Trinajstić information content (AvgIpc) is 2.95. The number of aromatic nitrogens is 1. The van der Waals surface area contributed by atoms with E-state index >= 15 is 0 Å². The molecule has 0 unspecified atom stereocenters. The molecule has 0 spiro atoms. The minimum Gasteiger partial charge on any atom is -0.495 e. The van der Waals surface area contributed by atoms with Crippen LogP contribution >= 0.6 is 0 Å². The van der Waals surface area contributed by atoms with E-state index in [9.17, 15) is 4.79 Å². The third-order valence-corrected chi connectivity index (χ3v) is 3.56. The first kappa shape index (κ1) is 14.2. The van der Waals surface area contributed by atoms with Crippen LogP contribution in [0, 0.1) is 0 Å². The fourth-order valence-corrected chi connectivity index (χ4v) is 2.60. The second kappa shape index (κ2) is 5.93. The molecule has 0 aliphatic heterocycles. The summed E-state index contributed by atoms with van der Waals surface area (Å²) in [7, 11) is 1.61. The molecule has 0 atom stereocenters. The number of carbonyl (C=O) groups is 1. The predicted molar refractivity (Wildman–Crippen MR) is 86.2 cm³/mol. The first-order valence-corrected chi connectivity index (χ1v) is 7.17. The second-order valence-electron chi connectivity index (χ2n) is 4.84. The number of benzene rings is 2. The lowest BCUT2D eigenvalue weighted by molar-refractivity contribution is 0.0529. The second-order valence-corrected chi connectivity index (χ2v) is 4.84. The fourth-order valence-electron chi connectivity index (χ4n) is 2.60. The Hall–Kier alpha value is -2.75. The SMILES string of the molecule is CCOC(=O)c1c(-c2ccccc2)[nH]c2c(OC)cccc12. The van der Waals surface area contributed by atoms with Crippen LogP contribution in [0.1, 0.15) is 17.3 Å². The van der Waals surface area contributed by atoms with Gasteiger partial charge in [0, 0.05) is 5.39 Å². The van der Waals surface area contributed by atoms with Crippen molar-refractivity contribution < 1.29 is 14.3 Å². The molecule has 0 saturated carbocycles. The van der Waals surface area contributed by atoms with Crippen molar-refractivity contribution in [2.75, 3.05) is 13.7 Å². The Morgan fingerprint density at radius 3 is 2.55 bits per heavy atom. The Morgan fingerprint density at radius 2 is 1.86 bits per heavy atom. The van der Waals surface area contributed by atoms with E-state index in [4.69, 9.17) is 9.47 Å². The number of hydrogen-bond donors (Lipinski definition) is 1. The van der Waals surface area contributed by atoms with Gasteiger partial charge in [0.25, 0.3) is 0 Å². The quantitative estimate of drug-likeness (QED) is 0.740. The number of rotatable bonds is 4. The van der Waals surface area contributed by atoms with Crippen molar-refractivity contribution in [2.45, 2.75) is 6.92 Å². The minimum absolute atomic E-state index is 0.333. The summed E-state index contributed by atoms with van der Waals surface area (Å²) in [6.07, 6.45) is 0. The van der Waals surface area contributed by atoms with Crippen molar-refractivity contribution in [1.29, 1.82) is 0 Å². The number of carbonyl (C=O) groups excluding carboxylic acids is 1. The topological polar surface area (TPSA) is 51.3 Å². The van der Waals surface area contributed by atoms with Crippen molar-refractivity contribution in [3.05, 3.63) is 54.1 Å². The van der Waals surface area contributed by atoms with Crippen LogP contribution in [-0.2, 0) is 4.74 Å². The molecule has 0 amide bonds. The van der Waals surface area contributed by atoms with E-state index in [1.165, 1.54) is 0 Å². The van der Waals surface area contributed by atoms with Crippen LogP contribution < -0.4 is 4.74 Å². The van der Waals surface area contributed by atoms with Crippen molar-refractivity contribution in [3.8, 4) is 17.0 Å².